The molecule has 30 heavy (non-hydrogen) atoms. The molecule has 0 aromatic carbocycles. The molecule has 164 valence electrons. The van der Waals surface area contributed by atoms with E-state index in [9.17, 15) is 24.3 Å². The minimum Gasteiger partial charge on any atom is -0.480 e. The Balaban J connectivity index is 1.70. The second kappa shape index (κ2) is 9.74. The highest BCUT2D eigenvalue weighted by molar-refractivity contribution is 8.13. The van der Waals surface area contributed by atoms with E-state index in [4.69, 9.17) is 0 Å². The number of amides is 2. The van der Waals surface area contributed by atoms with E-state index in [0.29, 0.717) is 10.8 Å². The van der Waals surface area contributed by atoms with Crippen molar-refractivity contribution in [2.75, 3.05) is 23.0 Å². The lowest BCUT2D eigenvalue weighted by Crippen LogP contribution is -2.75. The van der Waals surface area contributed by atoms with Crippen LogP contribution in [0.15, 0.2) is 17.5 Å². The van der Waals surface area contributed by atoms with Gasteiger partial charge in [-0.15, -0.1) is 23.1 Å². The molecule has 1 aromatic rings. The fraction of sp³-hybridized carbons (Fsp3) is 0.600. The first kappa shape index (κ1) is 23.1. The van der Waals surface area contributed by atoms with Crippen molar-refractivity contribution in [2.45, 2.75) is 50.9 Å². The van der Waals surface area contributed by atoms with Gasteiger partial charge in [0.05, 0.1) is 5.00 Å². The summed E-state index contributed by atoms with van der Waals surface area (Å²) in [4.78, 5) is 53.0. The molecule has 0 spiro atoms. The van der Waals surface area contributed by atoms with Crippen LogP contribution < -0.4 is 4.90 Å². The van der Waals surface area contributed by atoms with Crippen LogP contribution in [0.2, 0.25) is 0 Å². The number of fused-ring (bicyclic) bond motifs is 1. The molecule has 1 N–H and O–H groups in total. The van der Waals surface area contributed by atoms with E-state index in [0.717, 1.165) is 37.4 Å². The molecule has 1 aromatic heterocycles. The maximum atomic E-state index is 12.9. The lowest BCUT2D eigenvalue weighted by atomic mass is 9.88. The molecule has 7 nitrogen and oxygen atoms in total. The molecule has 2 saturated heterocycles. The number of β-lactam (4-membered cyclic amide) rings is 1. The third-order valence-electron chi connectivity index (χ3n) is 5.45. The second-order valence-electron chi connectivity index (χ2n) is 7.54. The highest BCUT2D eigenvalue weighted by Crippen LogP contribution is 2.47. The van der Waals surface area contributed by atoms with Gasteiger partial charge in [-0.25, -0.2) is 0 Å². The summed E-state index contributed by atoms with van der Waals surface area (Å²) in [6, 6.07) is 2.95. The largest absolute Gasteiger partial charge is 0.480 e. The molecular formula is C20H26N2O5S3. The van der Waals surface area contributed by atoms with Crippen molar-refractivity contribution in [1.82, 2.24) is 4.90 Å². The SMILES string of the molecule is CCCCCCSC(=O)C1(C(=O)O)CS[C@@H]2C(N(C(C)=O)c3cccs3)C(=O)N2C1. The molecule has 10 heteroatoms. The Morgan fingerprint density at radius 1 is 1.33 bits per heavy atom. The van der Waals surface area contributed by atoms with Crippen LogP contribution in [0.5, 0.6) is 0 Å². The number of carbonyl (C=O) groups excluding carboxylic acids is 3. The van der Waals surface area contributed by atoms with Gasteiger partial charge in [0, 0.05) is 25.0 Å². The minimum absolute atomic E-state index is 0.101. The summed E-state index contributed by atoms with van der Waals surface area (Å²) >= 11 is 3.72. The van der Waals surface area contributed by atoms with Crippen LogP contribution >= 0.6 is 34.9 Å². The molecule has 3 rings (SSSR count). The number of nitrogens with zero attached hydrogens (tertiary/aromatic N) is 2. The van der Waals surface area contributed by atoms with E-state index in [2.05, 4.69) is 6.92 Å². The first-order valence-electron chi connectivity index (χ1n) is 9.99. The van der Waals surface area contributed by atoms with Crippen molar-refractivity contribution in [1.29, 1.82) is 0 Å². The summed E-state index contributed by atoms with van der Waals surface area (Å²) in [7, 11) is 0. The summed E-state index contributed by atoms with van der Waals surface area (Å²) in [5.41, 5.74) is -1.60. The van der Waals surface area contributed by atoms with Crippen molar-refractivity contribution in [3.63, 3.8) is 0 Å². The Kier molecular flexibility index (Phi) is 7.52. The van der Waals surface area contributed by atoms with E-state index in [-0.39, 0.29) is 34.6 Å². The van der Waals surface area contributed by atoms with E-state index in [1.165, 1.54) is 39.8 Å². The van der Waals surface area contributed by atoms with Crippen LogP contribution in [0.1, 0.15) is 39.5 Å². The van der Waals surface area contributed by atoms with Crippen LogP contribution in [0.4, 0.5) is 5.00 Å². The number of unbranched alkanes of at least 4 members (excludes halogenated alkanes) is 3. The average molecular weight is 471 g/mol. The maximum Gasteiger partial charge on any atom is 0.320 e. The van der Waals surface area contributed by atoms with Crippen LogP contribution in [0, 0.1) is 5.41 Å². The molecule has 0 saturated carbocycles. The normalized spacial score (nSPS) is 25.4. The standard InChI is InChI=1S/C20H26N2O5S3/c1-3-4-5-6-9-29-19(27)20(18(25)26)11-21-16(24)15(17(21)30-12-20)22(13(2)23)14-8-7-10-28-14/h7-8,10,15,17H,3-6,9,11-12H2,1-2H3,(H,25,26)/t15?,17-,20?/m1/s1. The molecule has 2 fully saturated rings. The molecule has 2 unspecified atom stereocenters. The van der Waals surface area contributed by atoms with Gasteiger partial charge in [-0.3, -0.25) is 24.1 Å². The Bertz CT molecular complexity index is 815. The fourth-order valence-electron chi connectivity index (χ4n) is 3.72. The number of carboxylic acids is 1. The highest BCUT2D eigenvalue weighted by Gasteiger charge is 2.61. The quantitative estimate of drug-likeness (QED) is 0.336. The van der Waals surface area contributed by atoms with Crippen molar-refractivity contribution < 1.29 is 24.3 Å². The summed E-state index contributed by atoms with van der Waals surface area (Å²) < 4.78 is 0. The molecule has 2 amide bonds. The van der Waals surface area contributed by atoms with Crippen molar-refractivity contribution >= 4 is 62.8 Å². The Morgan fingerprint density at radius 3 is 2.70 bits per heavy atom. The van der Waals surface area contributed by atoms with Crippen molar-refractivity contribution in [3.05, 3.63) is 17.5 Å². The lowest BCUT2D eigenvalue weighted by Gasteiger charge is -2.55. The zero-order valence-corrected chi connectivity index (χ0v) is 19.5. The molecule has 2 aliphatic rings. The summed E-state index contributed by atoms with van der Waals surface area (Å²) in [6.45, 7) is 3.39. The van der Waals surface area contributed by atoms with Gasteiger partial charge in [-0.1, -0.05) is 37.9 Å². The number of anilines is 1. The average Bonchev–Trinajstić information content (AvgIpc) is 3.24. The summed E-state index contributed by atoms with van der Waals surface area (Å²) in [5.74, 6) is -1.02. The number of aliphatic carboxylic acids is 1. The van der Waals surface area contributed by atoms with E-state index >= 15 is 0 Å². The van der Waals surface area contributed by atoms with Crippen molar-refractivity contribution in [2.24, 2.45) is 5.41 Å². The highest BCUT2D eigenvalue weighted by atomic mass is 32.2. The predicted molar refractivity (Wildman–Crippen MR) is 121 cm³/mol. The Hall–Kier alpha value is -1.52. The van der Waals surface area contributed by atoms with Crippen LogP contribution in [-0.4, -0.2) is 62.4 Å². The first-order chi connectivity index (χ1) is 14.3. The van der Waals surface area contributed by atoms with Crippen LogP contribution in [0.3, 0.4) is 0 Å². The zero-order valence-electron chi connectivity index (χ0n) is 17.0. The van der Waals surface area contributed by atoms with Gasteiger partial charge in [0.15, 0.2) is 5.41 Å². The minimum atomic E-state index is -1.60. The molecule has 0 bridgehead atoms. The monoisotopic (exact) mass is 470 g/mol. The number of thioether (sulfide) groups is 2. The lowest BCUT2D eigenvalue weighted by molar-refractivity contribution is -0.159. The summed E-state index contributed by atoms with van der Waals surface area (Å²) in [5, 5.41) is 11.7. The predicted octanol–water partition coefficient (Wildman–Crippen LogP) is 3.30. The maximum absolute atomic E-state index is 12.9. The molecule has 3 atom stereocenters. The third kappa shape index (κ3) is 4.27. The Labute approximate surface area is 188 Å². The summed E-state index contributed by atoms with van der Waals surface area (Å²) in [6.07, 6.45) is 4.08. The molecular weight excluding hydrogens is 444 g/mol. The van der Waals surface area contributed by atoms with Gasteiger partial charge >= 0.3 is 5.97 Å². The smallest absolute Gasteiger partial charge is 0.320 e. The fourth-order valence-corrected chi connectivity index (χ4v) is 7.24. The number of hydrogen-bond donors (Lipinski definition) is 1. The molecule has 0 aliphatic carbocycles. The van der Waals surface area contributed by atoms with Gasteiger partial charge in [0.25, 0.3) is 0 Å². The van der Waals surface area contributed by atoms with E-state index in [1.54, 1.807) is 6.07 Å². The van der Waals surface area contributed by atoms with Gasteiger partial charge in [0.2, 0.25) is 16.9 Å². The topological polar surface area (TPSA) is 95.0 Å². The molecule has 0 radical (unpaired) electrons. The number of carboxylic acid groups (broad SMARTS) is 1. The van der Waals surface area contributed by atoms with Gasteiger partial charge < -0.3 is 10.0 Å². The van der Waals surface area contributed by atoms with E-state index in [1.807, 2.05) is 11.4 Å². The first-order valence-corrected chi connectivity index (χ1v) is 12.9. The van der Waals surface area contributed by atoms with Crippen LogP contribution in [-0.2, 0) is 19.2 Å². The zero-order chi connectivity index (χ0) is 21.9. The van der Waals surface area contributed by atoms with Crippen molar-refractivity contribution in [3.8, 4) is 0 Å². The third-order valence-corrected chi connectivity index (χ3v) is 8.97. The Morgan fingerprint density at radius 2 is 2.10 bits per heavy atom. The molecule has 2 aliphatic heterocycles. The van der Waals surface area contributed by atoms with Gasteiger partial charge in [-0.05, 0) is 23.9 Å². The number of thiophene rings is 1. The molecule has 3 heterocycles. The number of rotatable bonds is 9. The second-order valence-corrected chi connectivity index (χ2v) is 10.6. The van der Waals surface area contributed by atoms with Crippen LogP contribution in [0.25, 0.3) is 0 Å². The van der Waals surface area contributed by atoms with Gasteiger partial charge in [0.1, 0.15) is 11.4 Å². The van der Waals surface area contributed by atoms with Gasteiger partial charge in [-0.2, -0.15) is 0 Å². The van der Waals surface area contributed by atoms with E-state index < -0.39 is 17.4 Å². The number of carbonyl (C=O) groups is 4. The number of hydrogen-bond acceptors (Lipinski definition) is 7.